The number of benzene rings is 1. The summed E-state index contributed by atoms with van der Waals surface area (Å²) < 4.78 is 0. The molecule has 3 heterocycles. The van der Waals surface area contributed by atoms with E-state index in [0.29, 0.717) is 31.5 Å². The molecule has 1 unspecified atom stereocenters. The van der Waals surface area contributed by atoms with Gasteiger partial charge in [-0.2, -0.15) is 0 Å². The molecule has 2 aromatic rings. The van der Waals surface area contributed by atoms with E-state index in [9.17, 15) is 19.2 Å². The molecule has 3 amide bonds. The van der Waals surface area contributed by atoms with Gasteiger partial charge in [0.1, 0.15) is 18.0 Å². The van der Waals surface area contributed by atoms with Crippen molar-refractivity contribution in [3.63, 3.8) is 0 Å². The number of nitrogens with one attached hydrogen (secondary N) is 2. The van der Waals surface area contributed by atoms with Crippen molar-refractivity contribution in [1.82, 2.24) is 20.5 Å². The van der Waals surface area contributed by atoms with E-state index in [0.717, 1.165) is 30.2 Å². The number of rotatable bonds is 6. The first-order valence-electron chi connectivity index (χ1n) is 11.8. The third-order valence-electron chi connectivity index (χ3n) is 7.43. The fourth-order valence-electron chi connectivity index (χ4n) is 5.78. The van der Waals surface area contributed by atoms with Gasteiger partial charge in [-0.05, 0) is 49.7 Å². The fourth-order valence-corrected chi connectivity index (χ4v) is 5.78. The third-order valence-corrected chi connectivity index (χ3v) is 7.43. The van der Waals surface area contributed by atoms with Crippen LogP contribution in [0.1, 0.15) is 42.6 Å². The number of likely N-dealkylation sites (tertiary alicyclic amines) is 1. The van der Waals surface area contributed by atoms with Gasteiger partial charge in [0, 0.05) is 24.4 Å². The number of amides is 3. The molecule has 0 spiro atoms. The van der Waals surface area contributed by atoms with Gasteiger partial charge in [-0.1, -0.05) is 30.7 Å². The second-order valence-electron chi connectivity index (χ2n) is 9.41. The minimum atomic E-state index is -0.748. The van der Waals surface area contributed by atoms with E-state index in [1.807, 2.05) is 30.3 Å². The summed E-state index contributed by atoms with van der Waals surface area (Å²) in [5, 5.41) is 6.55. The second-order valence-corrected chi connectivity index (χ2v) is 9.41. The Morgan fingerprint density at radius 2 is 2.03 bits per heavy atom. The molecule has 2 N–H and O–H groups in total. The van der Waals surface area contributed by atoms with Gasteiger partial charge in [-0.25, -0.2) is 4.98 Å². The first-order valence-corrected chi connectivity index (χ1v) is 11.8. The number of aromatic nitrogens is 1. The Balaban J connectivity index is 1.36. The van der Waals surface area contributed by atoms with Crippen LogP contribution in [-0.4, -0.2) is 59.1 Å². The molecule has 33 heavy (non-hydrogen) atoms. The largest absolute Gasteiger partial charge is 0.356 e. The van der Waals surface area contributed by atoms with Gasteiger partial charge in [0.2, 0.25) is 11.8 Å². The van der Waals surface area contributed by atoms with Gasteiger partial charge in [0.15, 0.2) is 0 Å². The minimum Gasteiger partial charge on any atom is -0.356 e. The van der Waals surface area contributed by atoms with E-state index >= 15 is 0 Å². The molecule has 172 valence electrons. The summed E-state index contributed by atoms with van der Waals surface area (Å²) in [5.41, 5.74) is 1.06. The summed E-state index contributed by atoms with van der Waals surface area (Å²) in [4.78, 5) is 56.7. The fraction of sp³-hybridized carbons (Fsp3) is 0.480. The molecule has 1 saturated carbocycles. The smallest absolute Gasteiger partial charge is 0.273 e. The van der Waals surface area contributed by atoms with Crippen LogP contribution in [0.5, 0.6) is 0 Å². The van der Waals surface area contributed by atoms with Crippen LogP contribution in [0.4, 0.5) is 0 Å². The predicted octanol–water partition coefficient (Wildman–Crippen LogP) is 1.69. The SMILES string of the molecule is O=C[C@@H](C[C@@H]1CCNC1=O)NC(=O)[C@@H]1C2CCC[C@H]2CN1C(=O)c1ccc2ccccc2n1. The number of hydrogen-bond donors (Lipinski definition) is 2. The zero-order chi connectivity index (χ0) is 22.9. The highest BCUT2D eigenvalue weighted by atomic mass is 16.2. The Hall–Kier alpha value is -3.29. The average molecular weight is 449 g/mol. The van der Waals surface area contributed by atoms with Crippen molar-refractivity contribution >= 4 is 34.9 Å². The molecule has 5 atom stereocenters. The van der Waals surface area contributed by atoms with E-state index in [4.69, 9.17) is 0 Å². The molecule has 8 nitrogen and oxygen atoms in total. The number of para-hydroxylation sites is 1. The monoisotopic (exact) mass is 448 g/mol. The lowest BCUT2D eigenvalue weighted by Gasteiger charge is -2.28. The zero-order valence-corrected chi connectivity index (χ0v) is 18.4. The number of pyridine rings is 1. The maximum atomic E-state index is 13.5. The number of fused-ring (bicyclic) bond motifs is 2. The number of aldehydes is 1. The van der Waals surface area contributed by atoms with Gasteiger partial charge >= 0.3 is 0 Å². The molecule has 3 fully saturated rings. The lowest BCUT2D eigenvalue weighted by atomic mass is 9.92. The molecule has 0 radical (unpaired) electrons. The zero-order valence-electron chi connectivity index (χ0n) is 18.4. The number of carbonyl (C=O) groups is 4. The minimum absolute atomic E-state index is 0.0768. The van der Waals surface area contributed by atoms with E-state index in [-0.39, 0.29) is 41.9 Å². The standard InChI is InChI=1S/C25H28N4O4/c30-14-18(12-16-10-11-26-23(16)31)27-24(32)22-19-6-3-5-17(19)13-29(22)25(33)21-9-8-15-4-1-2-7-20(15)28-21/h1-2,4,7-9,14,16-19,22H,3,5-6,10-13H2,(H,26,31)(H,27,32)/t16-,17-,18+,19?,22-/m0/s1. The predicted molar refractivity (Wildman–Crippen MR) is 121 cm³/mol. The van der Waals surface area contributed by atoms with Gasteiger partial charge < -0.3 is 20.3 Å². The highest BCUT2D eigenvalue weighted by Crippen LogP contribution is 2.42. The van der Waals surface area contributed by atoms with E-state index in [1.54, 1.807) is 11.0 Å². The Labute approximate surface area is 192 Å². The molecule has 1 aliphatic carbocycles. The van der Waals surface area contributed by atoms with Crippen molar-refractivity contribution in [2.75, 3.05) is 13.1 Å². The maximum absolute atomic E-state index is 13.5. The molecule has 1 aromatic heterocycles. The third kappa shape index (κ3) is 4.10. The van der Waals surface area contributed by atoms with Crippen molar-refractivity contribution in [2.45, 2.75) is 44.2 Å². The Bertz CT molecular complexity index is 1100. The van der Waals surface area contributed by atoms with Crippen molar-refractivity contribution in [3.05, 3.63) is 42.1 Å². The summed E-state index contributed by atoms with van der Waals surface area (Å²) in [6.07, 6.45) is 4.54. The normalized spacial score (nSPS) is 27.3. The summed E-state index contributed by atoms with van der Waals surface area (Å²) in [6, 6.07) is 9.81. The Morgan fingerprint density at radius 1 is 1.18 bits per heavy atom. The number of hydrogen-bond acceptors (Lipinski definition) is 5. The molecule has 2 saturated heterocycles. The van der Waals surface area contributed by atoms with Crippen LogP contribution in [0.15, 0.2) is 36.4 Å². The number of nitrogens with zero attached hydrogens (tertiary/aromatic N) is 2. The van der Waals surface area contributed by atoms with Crippen molar-refractivity contribution in [3.8, 4) is 0 Å². The van der Waals surface area contributed by atoms with Crippen LogP contribution < -0.4 is 10.6 Å². The van der Waals surface area contributed by atoms with Crippen LogP contribution in [0.25, 0.3) is 10.9 Å². The van der Waals surface area contributed by atoms with Gasteiger partial charge in [0.25, 0.3) is 5.91 Å². The molecule has 2 aliphatic heterocycles. The van der Waals surface area contributed by atoms with Crippen molar-refractivity contribution < 1.29 is 19.2 Å². The lowest BCUT2D eigenvalue weighted by Crippen LogP contribution is -2.52. The topological polar surface area (TPSA) is 108 Å². The molecule has 5 rings (SSSR count). The molecule has 0 bridgehead atoms. The van der Waals surface area contributed by atoms with Gasteiger partial charge in [-0.3, -0.25) is 14.4 Å². The second kappa shape index (κ2) is 8.92. The average Bonchev–Trinajstić information content (AvgIpc) is 3.54. The van der Waals surface area contributed by atoms with E-state index in [2.05, 4.69) is 15.6 Å². The highest BCUT2D eigenvalue weighted by molar-refractivity contribution is 5.98. The van der Waals surface area contributed by atoms with Gasteiger partial charge in [-0.15, -0.1) is 0 Å². The molecular weight excluding hydrogens is 420 g/mol. The summed E-state index contributed by atoms with van der Waals surface area (Å²) >= 11 is 0. The Kier molecular flexibility index (Phi) is 5.83. The van der Waals surface area contributed by atoms with Gasteiger partial charge in [0.05, 0.1) is 11.6 Å². The van der Waals surface area contributed by atoms with E-state index < -0.39 is 12.1 Å². The van der Waals surface area contributed by atoms with Crippen molar-refractivity contribution in [1.29, 1.82) is 0 Å². The Morgan fingerprint density at radius 3 is 2.82 bits per heavy atom. The highest BCUT2D eigenvalue weighted by Gasteiger charge is 2.50. The summed E-state index contributed by atoms with van der Waals surface area (Å²) in [6.45, 7) is 1.11. The molecule has 1 aromatic carbocycles. The quantitative estimate of drug-likeness (QED) is 0.654. The summed E-state index contributed by atoms with van der Waals surface area (Å²) in [7, 11) is 0. The molecule has 8 heteroatoms. The van der Waals surface area contributed by atoms with Crippen molar-refractivity contribution in [2.24, 2.45) is 17.8 Å². The first-order chi connectivity index (χ1) is 16.0. The van der Waals surface area contributed by atoms with E-state index in [1.165, 1.54) is 0 Å². The molecule has 3 aliphatic rings. The van der Waals surface area contributed by atoms with Crippen LogP contribution in [0, 0.1) is 17.8 Å². The van der Waals surface area contributed by atoms with Crippen LogP contribution in [-0.2, 0) is 14.4 Å². The molecular formula is C25H28N4O4. The number of carbonyl (C=O) groups excluding carboxylic acids is 4. The maximum Gasteiger partial charge on any atom is 0.273 e. The van der Waals surface area contributed by atoms with Crippen LogP contribution in [0.3, 0.4) is 0 Å². The first kappa shape index (κ1) is 21.6. The lowest BCUT2D eigenvalue weighted by molar-refractivity contribution is -0.129. The van der Waals surface area contributed by atoms with Crippen LogP contribution >= 0.6 is 0 Å². The van der Waals surface area contributed by atoms with Crippen LogP contribution in [0.2, 0.25) is 0 Å². The summed E-state index contributed by atoms with van der Waals surface area (Å²) in [5.74, 6) is -0.561.